The summed E-state index contributed by atoms with van der Waals surface area (Å²) in [6.07, 6.45) is 10.4. The van der Waals surface area contributed by atoms with E-state index >= 15 is 0 Å². The third-order valence-corrected chi connectivity index (χ3v) is 7.08. The smallest absolute Gasteiger partial charge is 1.00 e. The molecule has 2 aromatic rings. The Kier molecular flexibility index (Phi) is 12.1. The fourth-order valence-corrected chi connectivity index (χ4v) is 4.69. The molecular formula is C28H32Cl2OZr. The second-order valence-corrected chi connectivity index (χ2v) is 8.57. The first-order valence-corrected chi connectivity index (χ1v) is 10.5. The summed E-state index contributed by atoms with van der Waals surface area (Å²) in [5.74, 6) is 0.478. The molecule has 168 valence electrons. The molecule has 2 aliphatic carbocycles. The Bertz CT molecular complexity index is 1050. The molecule has 0 aliphatic heterocycles. The van der Waals surface area contributed by atoms with E-state index in [4.69, 9.17) is 0 Å². The summed E-state index contributed by atoms with van der Waals surface area (Å²) in [5, 5.41) is 0. The number of rotatable bonds is 1. The Balaban J connectivity index is 0.000000752. The van der Waals surface area contributed by atoms with Crippen molar-refractivity contribution in [3.05, 3.63) is 80.4 Å². The molecule has 0 N–H and O–H groups in total. The molecule has 0 fully saturated rings. The molecule has 0 bridgehead atoms. The van der Waals surface area contributed by atoms with Crippen LogP contribution >= 0.6 is 0 Å². The third-order valence-electron chi connectivity index (χ3n) is 7.08. The number of halogens is 2. The van der Waals surface area contributed by atoms with Crippen LogP contribution in [0.3, 0.4) is 0 Å². The van der Waals surface area contributed by atoms with Gasteiger partial charge in [-0.05, 0) is 55.9 Å². The van der Waals surface area contributed by atoms with Gasteiger partial charge in [0.1, 0.15) is 0 Å². The number of fused-ring (bicyclic) bond motifs is 3. The van der Waals surface area contributed by atoms with Gasteiger partial charge in [0.15, 0.2) is 0 Å². The van der Waals surface area contributed by atoms with Crippen molar-refractivity contribution >= 4 is 6.29 Å². The minimum absolute atomic E-state index is 0. The Morgan fingerprint density at radius 3 is 1.88 bits per heavy atom. The molecule has 0 saturated heterocycles. The van der Waals surface area contributed by atoms with Gasteiger partial charge in [-0.3, -0.25) is 6.29 Å². The molecule has 32 heavy (non-hydrogen) atoms. The quantitative estimate of drug-likeness (QED) is 0.489. The Labute approximate surface area is 226 Å². The summed E-state index contributed by atoms with van der Waals surface area (Å²) in [4.78, 5) is 9.95. The number of benzene rings is 2. The van der Waals surface area contributed by atoms with E-state index in [1.165, 1.54) is 61.2 Å². The molecule has 0 heterocycles. The largest absolute Gasteiger partial charge is 4.00 e. The van der Waals surface area contributed by atoms with Crippen LogP contribution in [0, 0.1) is 60.5 Å². The minimum Gasteiger partial charge on any atom is -1.00 e. The molecule has 0 radical (unpaired) electrons. The summed E-state index contributed by atoms with van der Waals surface area (Å²) >= 11 is 0. The molecule has 2 aliphatic rings. The summed E-state index contributed by atoms with van der Waals surface area (Å²) in [5.41, 5.74) is 15.9. The average molecular weight is 547 g/mol. The van der Waals surface area contributed by atoms with Crippen molar-refractivity contribution in [1.82, 2.24) is 0 Å². The van der Waals surface area contributed by atoms with Gasteiger partial charge in [-0.15, -0.1) is 28.7 Å². The number of aryl methyl sites for hydroxylation is 1. The first kappa shape index (κ1) is 31.1. The SMILES string of the molecule is Cc1[c-]c2c(c(C)c1C)-c1c(C)c(C)c(C)c(C)c1C2C.O=[C-]C1C=CC=CC1.[Cl-].[Cl-].[Zr+4]. The summed E-state index contributed by atoms with van der Waals surface area (Å²) in [6, 6.07) is 3.69. The van der Waals surface area contributed by atoms with Crippen LogP contribution in [-0.2, 0) is 31.0 Å². The van der Waals surface area contributed by atoms with Gasteiger partial charge >= 0.3 is 26.2 Å². The van der Waals surface area contributed by atoms with Gasteiger partial charge in [-0.25, -0.2) is 0 Å². The second-order valence-electron chi connectivity index (χ2n) is 8.57. The van der Waals surface area contributed by atoms with Gasteiger partial charge in [0.05, 0.1) is 0 Å². The Morgan fingerprint density at radius 1 is 0.812 bits per heavy atom. The maximum absolute atomic E-state index is 9.95. The Hall–Kier alpha value is -0.947. The van der Waals surface area contributed by atoms with Gasteiger partial charge in [-0.1, -0.05) is 63.5 Å². The minimum atomic E-state index is 0. The molecule has 0 amide bonds. The second kappa shape index (κ2) is 12.5. The van der Waals surface area contributed by atoms with E-state index in [1.807, 2.05) is 30.6 Å². The topological polar surface area (TPSA) is 17.1 Å². The van der Waals surface area contributed by atoms with E-state index in [2.05, 4.69) is 61.5 Å². The number of hydrogen-bond donors (Lipinski definition) is 0. The van der Waals surface area contributed by atoms with E-state index in [1.54, 1.807) is 0 Å². The van der Waals surface area contributed by atoms with Crippen molar-refractivity contribution < 1.29 is 55.8 Å². The van der Waals surface area contributed by atoms with Crippen LogP contribution in [0.5, 0.6) is 0 Å². The first-order valence-electron chi connectivity index (χ1n) is 10.5. The fourth-order valence-electron chi connectivity index (χ4n) is 4.69. The molecule has 2 aromatic carbocycles. The number of carbonyl (C=O) groups excluding carboxylic acids is 1. The van der Waals surface area contributed by atoms with Crippen LogP contribution in [0.25, 0.3) is 11.1 Å². The van der Waals surface area contributed by atoms with Gasteiger partial charge in [0, 0.05) is 0 Å². The van der Waals surface area contributed by atoms with Crippen LogP contribution in [0.15, 0.2) is 24.3 Å². The van der Waals surface area contributed by atoms with Crippen LogP contribution < -0.4 is 24.8 Å². The van der Waals surface area contributed by atoms with E-state index < -0.39 is 0 Å². The zero-order chi connectivity index (χ0) is 21.5. The maximum Gasteiger partial charge on any atom is 4.00 e. The maximum atomic E-state index is 9.95. The fraction of sp³-hybridized carbons (Fsp3) is 0.393. The van der Waals surface area contributed by atoms with Crippen LogP contribution in [0.2, 0.25) is 0 Å². The van der Waals surface area contributed by atoms with E-state index in [9.17, 15) is 4.79 Å². The van der Waals surface area contributed by atoms with Gasteiger partial charge < -0.3 is 29.6 Å². The first-order chi connectivity index (χ1) is 13.7. The molecule has 2 atom stereocenters. The molecule has 0 aromatic heterocycles. The summed E-state index contributed by atoms with van der Waals surface area (Å²) < 4.78 is 0. The monoisotopic (exact) mass is 544 g/mol. The average Bonchev–Trinajstić information content (AvgIpc) is 3.02. The van der Waals surface area contributed by atoms with Gasteiger partial charge in [-0.2, -0.15) is 17.2 Å². The van der Waals surface area contributed by atoms with E-state index in [0.717, 1.165) is 6.42 Å². The van der Waals surface area contributed by atoms with Crippen molar-refractivity contribution in [1.29, 1.82) is 0 Å². The van der Waals surface area contributed by atoms with Crippen molar-refractivity contribution in [2.75, 3.05) is 0 Å². The van der Waals surface area contributed by atoms with Crippen LogP contribution in [0.1, 0.15) is 69.3 Å². The zero-order valence-corrected chi connectivity index (χ0v) is 24.3. The molecule has 2 unspecified atom stereocenters. The predicted octanol–water partition coefficient (Wildman–Crippen LogP) is 1.01. The van der Waals surface area contributed by atoms with Crippen LogP contribution in [-0.4, -0.2) is 6.29 Å². The zero-order valence-electron chi connectivity index (χ0n) is 20.3. The third kappa shape index (κ3) is 5.40. The molecule has 1 nitrogen and oxygen atoms in total. The molecule has 4 heteroatoms. The van der Waals surface area contributed by atoms with Gasteiger partial charge in [0.25, 0.3) is 0 Å². The summed E-state index contributed by atoms with van der Waals surface area (Å²) in [6.45, 7) is 18.1. The molecule has 4 rings (SSSR count). The van der Waals surface area contributed by atoms with Crippen molar-refractivity contribution in [3.63, 3.8) is 0 Å². The number of allylic oxidation sites excluding steroid dienone is 4. The van der Waals surface area contributed by atoms with Crippen molar-refractivity contribution in [3.8, 4) is 11.1 Å². The number of hydrogen-bond acceptors (Lipinski definition) is 1. The van der Waals surface area contributed by atoms with E-state index in [-0.39, 0.29) is 56.9 Å². The molecule has 0 spiro atoms. The van der Waals surface area contributed by atoms with Crippen molar-refractivity contribution in [2.24, 2.45) is 5.92 Å². The van der Waals surface area contributed by atoms with E-state index in [0.29, 0.717) is 5.92 Å². The molecular weight excluding hydrogens is 514 g/mol. The standard InChI is InChI=1S/C21H25.C7H7O.2ClH.Zr/c1-10-9-18-17(8)19-15(6)12(3)13(4)16(7)21(19)20(18)14(5)11(10)2;8-6-7-4-2-1-3-5-7;;;/h17H,1-8H3;1-4,7H,5H2;2*1H;/q2*-1;;;+4/p-2. The normalized spacial score (nSPS) is 17.0. The predicted molar refractivity (Wildman–Crippen MR) is 123 cm³/mol. The van der Waals surface area contributed by atoms with Crippen molar-refractivity contribution in [2.45, 2.75) is 67.7 Å². The molecule has 0 saturated carbocycles. The Morgan fingerprint density at radius 2 is 1.38 bits per heavy atom. The summed E-state index contributed by atoms with van der Waals surface area (Å²) in [7, 11) is 0. The van der Waals surface area contributed by atoms with Crippen LogP contribution in [0.4, 0.5) is 0 Å². The van der Waals surface area contributed by atoms with Gasteiger partial charge in [0.2, 0.25) is 0 Å².